The van der Waals surface area contributed by atoms with Crippen LogP contribution in [0.25, 0.3) is 0 Å². The molecule has 96 valence electrons. The quantitative estimate of drug-likeness (QED) is 0.738. The van der Waals surface area contributed by atoms with Crippen LogP contribution in [0.3, 0.4) is 0 Å². The molecule has 1 aromatic rings. The maximum absolute atomic E-state index is 13.5. The lowest BCUT2D eigenvalue weighted by Crippen LogP contribution is -2.23. The van der Waals surface area contributed by atoms with E-state index in [0.717, 1.165) is 0 Å². The largest absolute Gasteiger partial charge is 0.391 e. The van der Waals surface area contributed by atoms with Crippen LogP contribution in [-0.2, 0) is 11.3 Å². The number of ether oxygens (including phenoxy) is 1. The van der Waals surface area contributed by atoms with Crippen LogP contribution in [-0.4, -0.2) is 31.5 Å². The number of benzene rings is 1. The van der Waals surface area contributed by atoms with Gasteiger partial charge in [-0.05, 0) is 19.0 Å². The Hall–Kier alpha value is -0.680. The zero-order valence-corrected chi connectivity index (χ0v) is 10.5. The zero-order chi connectivity index (χ0) is 12.7. The topological polar surface area (TPSA) is 41.5 Å². The van der Waals surface area contributed by atoms with Gasteiger partial charge in [0.25, 0.3) is 0 Å². The molecular formula is C12H17ClFNO2. The summed E-state index contributed by atoms with van der Waals surface area (Å²) in [6.45, 7) is 1.30. The Morgan fingerprint density at radius 2 is 2.29 bits per heavy atom. The van der Waals surface area contributed by atoms with Crippen molar-refractivity contribution in [3.63, 3.8) is 0 Å². The van der Waals surface area contributed by atoms with Crippen LogP contribution in [0.4, 0.5) is 4.39 Å². The Kier molecular flexibility index (Phi) is 6.44. The molecule has 0 radical (unpaired) electrons. The molecule has 0 aliphatic rings. The predicted octanol–water partition coefficient (Wildman–Crippen LogP) is 1.97. The third-order valence-corrected chi connectivity index (χ3v) is 2.65. The lowest BCUT2D eigenvalue weighted by Gasteiger charge is -2.10. The Morgan fingerprint density at radius 3 is 3.00 bits per heavy atom. The number of halogens is 2. The summed E-state index contributed by atoms with van der Waals surface area (Å²) in [4.78, 5) is 0. The standard InChI is InChI=1S/C12H17ClFNO2/c1-17-8-10(16)5-6-15-7-9-3-2-4-11(13)12(9)14/h2-4,10,15-16H,5-8H2,1H3. The minimum Gasteiger partial charge on any atom is -0.391 e. The van der Waals surface area contributed by atoms with E-state index in [4.69, 9.17) is 16.3 Å². The normalized spacial score (nSPS) is 12.7. The number of aliphatic hydroxyl groups excluding tert-OH is 1. The van der Waals surface area contributed by atoms with Crippen molar-refractivity contribution in [1.82, 2.24) is 5.32 Å². The zero-order valence-electron chi connectivity index (χ0n) is 9.75. The molecule has 2 N–H and O–H groups in total. The molecule has 1 unspecified atom stereocenters. The van der Waals surface area contributed by atoms with Crippen molar-refractivity contribution < 1.29 is 14.2 Å². The third-order valence-electron chi connectivity index (χ3n) is 2.36. The molecule has 0 fully saturated rings. The van der Waals surface area contributed by atoms with Gasteiger partial charge in [0.15, 0.2) is 0 Å². The van der Waals surface area contributed by atoms with Crippen LogP contribution in [0.2, 0.25) is 5.02 Å². The van der Waals surface area contributed by atoms with Gasteiger partial charge in [-0.25, -0.2) is 4.39 Å². The molecule has 5 heteroatoms. The van der Waals surface area contributed by atoms with E-state index in [2.05, 4.69) is 5.32 Å². The highest BCUT2D eigenvalue weighted by Crippen LogP contribution is 2.17. The predicted molar refractivity (Wildman–Crippen MR) is 65.6 cm³/mol. The number of nitrogens with one attached hydrogen (secondary N) is 1. The molecule has 0 aliphatic carbocycles. The van der Waals surface area contributed by atoms with Crippen molar-refractivity contribution in [2.24, 2.45) is 0 Å². The van der Waals surface area contributed by atoms with Gasteiger partial charge in [-0.3, -0.25) is 0 Å². The summed E-state index contributed by atoms with van der Waals surface area (Å²) in [5, 5.41) is 12.6. The van der Waals surface area contributed by atoms with Gasteiger partial charge >= 0.3 is 0 Å². The van der Waals surface area contributed by atoms with Gasteiger partial charge in [-0.1, -0.05) is 23.7 Å². The second-order valence-electron chi connectivity index (χ2n) is 3.79. The minimum atomic E-state index is -0.489. The first kappa shape index (κ1) is 14.4. The average Bonchev–Trinajstić information content (AvgIpc) is 2.30. The summed E-state index contributed by atoms with van der Waals surface area (Å²) in [6.07, 6.45) is 0.0763. The van der Waals surface area contributed by atoms with Crippen molar-refractivity contribution >= 4 is 11.6 Å². The Balaban J connectivity index is 2.29. The number of aliphatic hydroxyl groups is 1. The number of hydrogen-bond donors (Lipinski definition) is 2. The van der Waals surface area contributed by atoms with E-state index in [1.54, 1.807) is 12.1 Å². The fourth-order valence-corrected chi connectivity index (χ4v) is 1.65. The van der Waals surface area contributed by atoms with Gasteiger partial charge in [0.2, 0.25) is 0 Å². The molecule has 0 aromatic heterocycles. The molecule has 0 spiro atoms. The van der Waals surface area contributed by atoms with Crippen molar-refractivity contribution in [2.75, 3.05) is 20.3 Å². The molecule has 0 bridgehead atoms. The molecule has 1 aromatic carbocycles. The Bertz CT molecular complexity index is 349. The molecule has 17 heavy (non-hydrogen) atoms. The van der Waals surface area contributed by atoms with Crippen molar-refractivity contribution in [3.05, 3.63) is 34.6 Å². The van der Waals surface area contributed by atoms with E-state index >= 15 is 0 Å². The second kappa shape index (κ2) is 7.61. The fourth-order valence-electron chi connectivity index (χ4n) is 1.45. The molecule has 0 amide bonds. The number of rotatable bonds is 7. The number of methoxy groups -OCH3 is 1. The SMILES string of the molecule is COCC(O)CCNCc1cccc(Cl)c1F. The average molecular weight is 262 g/mol. The molecule has 0 saturated heterocycles. The molecule has 0 heterocycles. The van der Waals surface area contributed by atoms with Gasteiger partial charge < -0.3 is 15.2 Å². The summed E-state index contributed by atoms with van der Waals surface area (Å²) in [5.41, 5.74) is 0.527. The van der Waals surface area contributed by atoms with Gasteiger partial charge in [0, 0.05) is 19.2 Å². The molecule has 0 aliphatic heterocycles. The fraction of sp³-hybridized carbons (Fsp3) is 0.500. The first-order valence-electron chi connectivity index (χ1n) is 5.45. The first-order valence-corrected chi connectivity index (χ1v) is 5.83. The summed E-state index contributed by atoms with van der Waals surface area (Å²) >= 11 is 5.66. The third kappa shape index (κ3) is 5.00. The van der Waals surface area contributed by atoms with Crippen molar-refractivity contribution in [3.8, 4) is 0 Å². The van der Waals surface area contributed by atoms with Crippen LogP contribution >= 0.6 is 11.6 Å². The number of hydrogen-bond acceptors (Lipinski definition) is 3. The van der Waals surface area contributed by atoms with E-state index in [9.17, 15) is 9.50 Å². The molecular weight excluding hydrogens is 245 g/mol. The van der Waals surface area contributed by atoms with E-state index in [-0.39, 0.29) is 10.8 Å². The smallest absolute Gasteiger partial charge is 0.146 e. The Labute approximate surface area is 106 Å². The lowest BCUT2D eigenvalue weighted by molar-refractivity contribution is 0.0594. The second-order valence-corrected chi connectivity index (χ2v) is 4.19. The maximum atomic E-state index is 13.5. The van der Waals surface area contributed by atoms with Gasteiger partial charge in [0.1, 0.15) is 5.82 Å². The van der Waals surface area contributed by atoms with Gasteiger partial charge in [-0.15, -0.1) is 0 Å². The van der Waals surface area contributed by atoms with E-state index < -0.39 is 6.10 Å². The van der Waals surface area contributed by atoms with Crippen LogP contribution < -0.4 is 5.32 Å². The van der Waals surface area contributed by atoms with Gasteiger partial charge in [-0.2, -0.15) is 0 Å². The highest BCUT2D eigenvalue weighted by molar-refractivity contribution is 6.30. The molecule has 1 rings (SSSR count). The van der Waals surface area contributed by atoms with Crippen LogP contribution in [0, 0.1) is 5.82 Å². The lowest BCUT2D eigenvalue weighted by atomic mass is 10.2. The maximum Gasteiger partial charge on any atom is 0.146 e. The van der Waals surface area contributed by atoms with Crippen LogP contribution in [0.15, 0.2) is 18.2 Å². The summed E-state index contributed by atoms with van der Waals surface area (Å²) in [6, 6.07) is 4.91. The van der Waals surface area contributed by atoms with E-state index in [0.29, 0.717) is 31.7 Å². The van der Waals surface area contributed by atoms with Crippen molar-refractivity contribution in [2.45, 2.75) is 19.1 Å². The van der Waals surface area contributed by atoms with E-state index in [1.807, 2.05) is 0 Å². The van der Waals surface area contributed by atoms with E-state index in [1.165, 1.54) is 13.2 Å². The Morgan fingerprint density at radius 1 is 1.53 bits per heavy atom. The highest BCUT2D eigenvalue weighted by atomic mass is 35.5. The van der Waals surface area contributed by atoms with Crippen LogP contribution in [0.1, 0.15) is 12.0 Å². The summed E-state index contributed by atoms with van der Waals surface area (Å²) in [7, 11) is 1.54. The summed E-state index contributed by atoms with van der Waals surface area (Å²) < 4.78 is 18.3. The van der Waals surface area contributed by atoms with Crippen molar-refractivity contribution in [1.29, 1.82) is 0 Å². The molecule has 1 atom stereocenters. The first-order chi connectivity index (χ1) is 8.15. The highest BCUT2D eigenvalue weighted by Gasteiger charge is 2.06. The summed E-state index contributed by atoms with van der Waals surface area (Å²) in [5.74, 6) is -0.390. The minimum absolute atomic E-state index is 0.128. The molecule has 0 saturated carbocycles. The van der Waals surface area contributed by atoms with Gasteiger partial charge in [0.05, 0.1) is 17.7 Å². The van der Waals surface area contributed by atoms with Crippen LogP contribution in [0.5, 0.6) is 0 Å². The molecule has 3 nitrogen and oxygen atoms in total. The monoisotopic (exact) mass is 261 g/mol.